The third kappa shape index (κ3) is 8.58. The summed E-state index contributed by atoms with van der Waals surface area (Å²) in [5, 5.41) is 5.42. The lowest BCUT2D eigenvalue weighted by molar-refractivity contribution is -0.135. The number of nitrogens with zero attached hydrogens (tertiary/aromatic N) is 5. The zero-order valence-electron chi connectivity index (χ0n) is 34.1. The summed E-state index contributed by atoms with van der Waals surface area (Å²) in [7, 11) is 2.55. The summed E-state index contributed by atoms with van der Waals surface area (Å²) in [6, 6.07) is 26.1. The molecule has 1 unspecified atom stereocenters. The van der Waals surface area contributed by atoms with Gasteiger partial charge in [0.15, 0.2) is 0 Å². The summed E-state index contributed by atoms with van der Waals surface area (Å²) in [5.74, 6) is 0.904. The van der Waals surface area contributed by atoms with Crippen LogP contribution in [0.5, 0.6) is 0 Å². The number of pyridine rings is 1. The number of likely N-dealkylation sites (tertiary alicyclic amines) is 2. The van der Waals surface area contributed by atoms with Gasteiger partial charge in [0.25, 0.3) is 11.8 Å². The number of imidazole rings is 2. The Morgan fingerprint density at radius 3 is 1.59 bits per heavy atom. The van der Waals surface area contributed by atoms with Crippen molar-refractivity contribution >= 4 is 24.0 Å². The molecule has 0 aliphatic carbocycles. The van der Waals surface area contributed by atoms with Crippen molar-refractivity contribution in [2.45, 2.75) is 56.8 Å². The molecule has 2 aliphatic rings. The van der Waals surface area contributed by atoms with Crippen molar-refractivity contribution in [3.8, 4) is 33.8 Å². The third-order valence-corrected chi connectivity index (χ3v) is 11.4. The van der Waals surface area contributed by atoms with E-state index in [0.29, 0.717) is 35.9 Å². The van der Waals surface area contributed by atoms with Gasteiger partial charge in [0.1, 0.15) is 23.7 Å². The first-order valence-electron chi connectivity index (χ1n) is 20.3. The van der Waals surface area contributed by atoms with Gasteiger partial charge in [0, 0.05) is 30.4 Å². The molecule has 3 aromatic heterocycles. The van der Waals surface area contributed by atoms with Gasteiger partial charge in [-0.3, -0.25) is 14.6 Å². The highest BCUT2D eigenvalue weighted by molar-refractivity contribution is 5.88. The van der Waals surface area contributed by atoms with Crippen LogP contribution >= 0.6 is 0 Å². The lowest BCUT2D eigenvalue weighted by Gasteiger charge is -2.28. The number of methoxy groups -OCH3 is 2. The number of nitrogens with one attached hydrogen (secondary N) is 4. The fraction of sp³-hybridized carbons (Fsp3) is 0.283. The van der Waals surface area contributed by atoms with Crippen molar-refractivity contribution in [1.29, 1.82) is 0 Å². The van der Waals surface area contributed by atoms with E-state index in [9.17, 15) is 19.2 Å². The number of ether oxygens (including phenoxy) is 2. The van der Waals surface area contributed by atoms with Crippen LogP contribution in [-0.4, -0.2) is 86.0 Å². The summed E-state index contributed by atoms with van der Waals surface area (Å²) in [6.07, 6.45) is 7.08. The van der Waals surface area contributed by atoms with Crippen molar-refractivity contribution in [3.63, 3.8) is 0 Å². The van der Waals surface area contributed by atoms with E-state index in [0.717, 1.165) is 65.0 Å². The monoisotopic (exact) mass is 821 g/mol. The normalized spacial score (nSPS) is 17.1. The Labute approximate surface area is 352 Å². The Kier molecular flexibility index (Phi) is 11.9. The summed E-state index contributed by atoms with van der Waals surface area (Å²) < 4.78 is 9.66. The molecule has 3 aromatic carbocycles. The van der Waals surface area contributed by atoms with Crippen LogP contribution in [-0.2, 0) is 19.1 Å². The van der Waals surface area contributed by atoms with E-state index in [1.54, 1.807) is 22.2 Å². The number of benzene rings is 3. The number of alkyl carbamates (subject to hydrolysis) is 2. The number of amides is 4. The number of aromatic amines is 2. The van der Waals surface area contributed by atoms with E-state index < -0.39 is 24.3 Å². The van der Waals surface area contributed by atoms with Gasteiger partial charge in [-0.05, 0) is 73.1 Å². The highest BCUT2D eigenvalue weighted by Gasteiger charge is 2.38. The second-order valence-electron chi connectivity index (χ2n) is 15.2. The lowest BCUT2D eigenvalue weighted by Crippen LogP contribution is -2.42. The Hall–Kier alpha value is -7.29. The number of carbonyl (C=O) groups excluding carboxylic acids is 4. The van der Waals surface area contributed by atoms with E-state index in [1.807, 2.05) is 98.0 Å². The lowest BCUT2D eigenvalue weighted by atomic mass is 10.0. The fourth-order valence-corrected chi connectivity index (χ4v) is 8.32. The molecule has 2 aliphatic heterocycles. The SMILES string of the molecule is COC(=O)NC(C(=O)N1CCC[C@H]1c1ncc(-c2ccc(-c3ccc(-c4cnc([C@@H]5CCCN5C(=O)[C@H](NC(=O)OC)c5ccccc5)[nH]4)cn3)c(C)c2)[nH]1)c1ccccc1. The van der Waals surface area contributed by atoms with Gasteiger partial charge in [-0.25, -0.2) is 19.6 Å². The summed E-state index contributed by atoms with van der Waals surface area (Å²) in [5.41, 5.74) is 7.55. The molecule has 61 heavy (non-hydrogen) atoms. The minimum absolute atomic E-state index is 0.222. The molecule has 6 aromatic rings. The molecular formula is C46H47N9O6. The minimum atomic E-state index is -0.895. The number of aromatic nitrogens is 5. The van der Waals surface area contributed by atoms with Gasteiger partial charge < -0.3 is 39.9 Å². The maximum atomic E-state index is 13.9. The molecule has 0 radical (unpaired) electrons. The summed E-state index contributed by atoms with van der Waals surface area (Å²) in [6.45, 7) is 3.12. The third-order valence-electron chi connectivity index (χ3n) is 11.4. The van der Waals surface area contributed by atoms with E-state index in [2.05, 4.69) is 31.7 Å². The first kappa shape index (κ1) is 40.5. The number of rotatable bonds is 11. The van der Waals surface area contributed by atoms with Gasteiger partial charge in [0.2, 0.25) is 0 Å². The Morgan fingerprint density at radius 2 is 1.13 bits per heavy atom. The Balaban J connectivity index is 0.946. The van der Waals surface area contributed by atoms with Crippen molar-refractivity contribution in [2.24, 2.45) is 0 Å². The maximum absolute atomic E-state index is 13.9. The molecule has 15 heteroatoms. The van der Waals surface area contributed by atoms with Gasteiger partial charge >= 0.3 is 12.2 Å². The van der Waals surface area contributed by atoms with E-state index in [4.69, 9.17) is 19.4 Å². The average Bonchev–Trinajstić information content (AvgIpc) is 4.15. The van der Waals surface area contributed by atoms with Crippen LogP contribution in [0.4, 0.5) is 9.59 Å². The molecule has 0 spiro atoms. The number of H-pyrrole nitrogens is 2. The Morgan fingerprint density at radius 1 is 0.639 bits per heavy atom. The van der Waals surface area contributed by atoms with Crippen LogP contribution in [0.15, 0.2) is 110 Å². The largest absolute Gasteiger partial charge is 0.453 e. The predicted octanol–water partition coefficient (Wildman–Crippen LogP) is 7.36. The molecule has 4 amide bonds. The van der Waals surface area contributed by atoms with E-state index in [1.165, 1.54) is 14.2 Å². The van der Waals surface area contributed by atoms with Gasteiger partial charge in [-0.2, -0.15) is 0 Å². The van der Waals surface area contributed by atoms with Crippen LogP contribution in [0.3, 0.4) is 0 Å². The molecule has 2 fully saturated rings. The molecule has 4 atom stereocenters. The summed E-state index contributed by atoms with van der Waals surface area (Å²) in [4.78, 5) is 77.0. The quantitative estimate of drug-likeness (QED) is 0.104. The van der Waals surface area contributed by atoms with Crippen molar-refractivity contribution in [1.82, 2.24) is 45.4 Å². The molecule has 0 saturated carbocycles. The minimum Gasteiger partial charge on any atom is -0.453 e. The highest BCUT2D eigenvalue weighted by Crippen LogP contribution is 2.36. The molecule has 0 bridgehead atoms. The molecule has 4 N–H and O–H groups in total. The standard InChI is InChI=1S/C46H47N9O6/c1-28-24-31(35-26-48-41(50-35)37-16-10-22-54(37)43(56)39(52-45(58)60-2)29-12-6-4-7-13-29)18-20-33(28)34-21-19-32(25-47-34)36-27-49-42(51-36)38-17-11-23-55(38)44(57)40(53-46(59)61-3)30-14-8-5-9-15-30/h4-9,12-15,18-21,24-27,37-40H,10-11,16-17,22-23H2,1-3H3,(H,48,50)(H,49,51)(H,52,58)(H,53,59)/t37-,38-,39?,40+/m0/s1. The molecule has 5 heterocycles. The second kappa shape index (κ2) is 17.9. The summed E-state index contributed by atoms with van der Waals surface area (Å²) >= 11 is 0. The van der Waals surface area contributed by atoms with Crippen molar-refractivity contribution in [3.05, 3.63) is 138 Å². The zero-order valence-corrected chi connectivity index (χ0v) is 34.1. The number of carbonyl (C=O) groups is 4. The van der Waals surface area contributed by atoms with Crippen LogP contribution in [0.25, 0.3) is 33.8 Å². The van der Waals surface area contributed by atoms with Crippen LogP contribution in [0.1, 0.15) is 78.2 Å². The van der Waals surface area contributed by atoms with Gasteiger partial charge in [-0.15, -0.1) is 0 Å². The molecule has 8 rings (SSSR count). The predicted molar refractivity (Wildman–Crippen MR) is 226 cm³/mol. The van der Waals surface area contributed by atoms with Crippen LogP contribution in [0.2, 0.25) is 0 Å². The van der Waals surface area contributed by atoms with Gasteiger partial charge in [0.05, 0.1) is 55.8 Å². The molecule has 312 valence electrons. The first-order valence-corrected chi connectivity index (χ1v) is 20.3. The average molecular weight is 822 g/mol. The van der Waals surface area contributed by atoms with Crippen LogP contribution in [0, 0.1) is 6.92 Å². The topological polar surface area (TPSA) is 188 Å². The molecule has 2 saturated heterocycles. The Bertz CT molecular complexity index is 2510. The maximum Gasteiger partial charge on any atom is 0.407 e. The van der Waals surface area contributed by atoms with Crippen molar-refractivity contribution in [2.75, 3.05) is 27.3 Å². The first-order chi connectivity index (χ1) is 29.7. The molecule has 15 nitrogen and oxygen atoms in total. The van der Waals surface area contributed by atoms with Gasteiger partial charge in [-0.1, -0.05) is 72.8 Å². The second-order valence-corrected chi connectivity index (χ2v) is 15.2. The number of aryl methyl sites for hydroxylation is 1. The van der Waals surface area contributed by atoms with E-state index >= 15 is 0 Å². The molecular weight excluding hydrogens is 775 g/mol. The number of hydrogen-bond donors (Lipinski definition) is 4. The van der Waals surface area contributed by atoms with E-state index in [-0.39, 0.29) is 23.9 Å². The number of hydrogen-bond acceptors (Lipinski definition) is 9. The highest BCUT2D eigenvalue weighted by atomic mass is 16.5. The van der Waals surface area contributed by atoms with Crippen LogP contribution < -0.4 is 10.6 Å². The fourth-order valence-electron chi connectivity index (χ4n) is 8.32. The van der Waals surface area contributed by atoms with Crippen molar-refractivity contribution < 1.29 is 28.7 Å². The zero-order chi connectivity index (χ0) is 42.5. The smallest absolute Gasteiger partial charge is 0.407 e.